The zero-order chi connectivity index (χ0) is 18.0. The monoisotopic (exact) mass is 347 g/mol. The van der Waals surface area contributed by atoms with E-state index in [0.29, 0.717) is 12.0 Å². The summed E-state index contributed by atoms with van der Waals surface area (Å²) in [5, 5.41) is 6.94. The van der Waals surface area contributed by atoms with Crippen LogP contribution in [-0.2, 0) is 22.6 Å². The van der Waals surface area contributed by atoms with E-state index in [4.69, 9.17) is 9.47 Å². The van der Waals surface area contributed by atoms with Gasteiger partial charge in [0.25, 0.3) is 0 Å². The summed E-state index contributed by atoms with van der Waals surface area (Å²) in [6.45, 7) is 5.94. The van der Waals surface area contributed by atoms with E-state index in [2.05, 4.69) is 39.9 Å². The molecule has 0 aromatic heterocycles. The fourth-order valence-electron chi connectivity index (χ4n) is 3.26. The maximum Gasteiger partial charge on any atom is 0.191 e. The molecule has 0 spiro atoms. The Morgan fingerprint density at radius 3 is 2.56 bits per heavy atom. The summed E-state index contributed by atoms with van der Waals surface area (Å²) in [6.07, 6.45) is 4.99. The molecule has 25 heavy (non-hydrogen) atoms. The number of methoxy groups -OCH3 is 1. The second-order valence-electron chi connectivity index (χ2n) is 6.78. The highest BCUT2D eigenvalue weighted by Gasteiger charge is 2.36. The molecule has 2 N–H and O–H groups in total. The van der Waals surface area contributed by atoms with Crippen LogP contribution < -0.4 is 10.6 Å². The normalized spacial score (nSPS) is 16.4. The van der Waals surface area contributed by atoms with Crippen LogP contribution in [0.4, 0.5) is 0 Å². The molecule has 5 heteroatoms. The van der Waals surface area contributed by atoms with Crippen molar-refractivity contribution in [3.63, 3.8) is 0 Å². The van der Waals surface area contributed by atoms with Gasteiger partial charge in [0, 0.05) is 40.5 Å². The first-order valence-corrected chi connectivity index (χ1v) is 9.31. The SMILES string of the molecule is CCOCc1ccccc1CNC(=NC)NCC1(CCOC)CCC1. The fraction of sp³-hybridized carbons (Fsp3) is 0.650. The van der Waals surface area contributed by atoms with E-state index >= 15 is 0 Å². The molecule has 5 nitrogen and oxygen atoms in total. The maximum absolute atomic E-state index is 5.56. The minimum Gasteiger partial charge on any atom is -0.385 e. The highest BCUT2D eigenvalue weighted by atomic mass is 16.5. The number of benzene rings is 1. The van der Waals surface area contributed by atoms with Crippen LogP contribution in [0, 0.1) is 5.41 Å². The van der Waals surface area contributed by atoms with Crippen molar-refractivity contribution in [2.75, 3.05) is 33.9 Å². The molecule has 1 aliphatic rings. The number of guanidine groups is 1. The minimum atomic E-state index is 0.375. The molecule has 0 saturated heterocycles. The van der Waals surface area contributed by atoms with Crippen molar-refractivity contribution in [1.29, 1.82) is 0 Å². The first kappa shape index (κ1) is 19.7. The van der Waals surface area contributed by atoms with Gasteiger partial charge in [0.15, 0.2) is 5.96 Å². The van der Waals surface area contributed by atoms with Crippen molar-refractivity contribution < 1.29 is 9.47 Å². The molecule has 0 heterocycles. The van der Waals surface area contributed by atoms with Gasteiger partial charge < -0.3 is 20.1 Å². The fourth-order valence-corrected chi connectivity index (χ4v) is 3.26. The number of nitrogens with one attached hydrogen (secondary N) is 2. The summed E-state index contributed by atoms with van der Waals surface area (Å²) >= 11 is 0. The van der Waals surface area contributed by atoms with Gasteiger partial charge in [0.05, 0.1) is 6.61 Å². The van der Waals surface area contributed by atoms with Crippen molar-refractivity contribution in [3.8, 4) is 0 Å². The van der Waals surface area contributed by atoms with Crippen molar-refractivity contribution in [3.05, 3.63) is 35.4 Å². The highest BCUT2D eigenvalue weighted by Crippen LogP contribution is 2.43. The number of rotatable bonds is 10. The number of aliphatic imine (C=N–C) groups is 1. The van der Waals surface area contributed by atoms with Crippen LogP contribution in [0.15, 0.2) is 29.3 Å². The zero-order valence-corrected chi connectivity index (χ0v) is 15.9. The highest BCUT2D eigenvalue weighted by molar-refractivity contribution is 5.79. The van der Waals surface area contributed by atoms with Crippen molar-refractivity contribution in [2.24, 2.45) is 10.4 Å². The van der Waals surface area contributed by atoms with Crippen molar-refractivity contribution >= 4 is 5.96 Å². The van der Waals surface area contributed by atoms with Gasteiger partial charge in [0.2, 0.25) is 0 Å². The molecular formula is C20H33N3O2. The predicted molar refractivity (Wildman–Crippen MR) is 103 cm³/mol. The van der Waals surface area contributed by atoms with E-state index in [-0.39, 0.29) is 0 Å². The molecular weight excluding hydrogens is 314 g/mol. The van der Waals surface area contributed by atoms with Crippen molar-refractivity contribution in [1.82, 2.24) is 10.6 Å². The maximum atomic E-state index is 5.56. The summed E-state index contributed by atoms with van der Waals surface area (Å²) in [5.74, 6) is 0.856. The van der Waals surface area contributed by atoms with E-state index in [1.807, 2.05) is 14.0 Å². The lowest BCUT2D eigenvalue weighted by Gasteiger charge is -2.42. The van der Waals surface area contributed by atoms with Crippen LogP contribution in [0.5, 0.6) is 0 Å². The number of hydrogen-bond donors (Lipinski definition) is 2. The third-order valence-corrected chi connectivity index (χ3v) is 5.13. The Balaban J connectivity index is 1.84. The van der Waals surface area contributed by atoms with Gasteiger partial charge in [-0.1, -0.05) is 30.7 Å². The van der Waals surface area contributed by atoms with Crippen LogP contribution in [0.25, 0.3) is 0 Å². The Morgan fingerprint density at radius 1 is 1.20 bits per heavy atom. The molecule has 2 rings (SSSR count). The smallest absolute Gasteiger partial charge is 0.191 e. The molecule has 0 atom stereocenters. The molecule has 1 aliphatic carbocycles. The molecule has 0 amide bonds. The van der Waals surface area contributed by atoms with Crippen molar-refractivity contribution in [2.45, 2.75) is 45.8 Å². The summed E-state index contributed by atoms with van der Waals surface area (Å²) < 4.78 is 10.8. The van der Waals surface area contributed by atoms with Gasteiger partial charge in [-0.3, -0.25) is 4.99 Å². The van der Waals surface area contributed by atoms with Gasteiger partial charge in [0.1, 0.15) is 0 Å². The van der Waals surface area contributed by atoms with Crippen LogP contribution in [0.3, 0.4) is 0 Å². The predicted octanol–water partition coefficient (Wildman–Crippen LogP) is 3.09. The first-order chi connectivity index (χ1) is 12.2. The molecule has 1 saturated carbocycles. The topological polar surface area (TPSA) is 54.9 Å². The van der Waals surface area contributed by atoms with Gasteiger partial charge in [-0.2, -0.15) is 0 Å². The lowest BCUT2D eigenvalue weighted by atomic mass is 9.67. The molecule has 0 aliphatic heterocycles. The van der Waals surface area contributed by atoms with Gasteiger partial charge in [-0.25, -0.2) is 0 Å². The molecule has 140 valence electrons. The van der Waals surface area contributed by atoms with E-state index < -0.39 is 0 Å². The number of ether oxygens (including phenoxy) is 2. The number of hydrogen-bond acceptors (Lipinski definition) is 3. The lowest BCUT2D eigenvalue weighted by molar-refractivity contribution is 0.0732. The summed E-state index contributed by atoms with van der Waals surface area (Å²) in [7, 11) is 3.60. The Morgan fingerprint density at radius 2 is 1.96 bits per heavy atom. The largest absolute Gasteiger partial charge is 0.385 e. The summed E-state index contributed by atoms with van der Waals surface area (Å²) in [6, 6.07) is 8.38. The molecule has 1 aromatic carbocycles. The third-order valence-electron chi connectivity index (χ3n) is 5.13. The van der Waals surface area contributed by atoms with Crippen LogP contribution in [0.2, 0.25) is 0 Å². The van der Waals surface area contributed by atoms with E-state index in [9.17, 15) is 0 Å². The van der Waals surface area contributed by atoms with E-state index in [0.717, 1.165) is 38.7 Å². The molecule has 1 fully saturated rings. The summed E-state index contributed by atoms with van der Waals surface area (Å²) in [4.78, 5) is 4.37. The second kappa shape index (κ2) is 10.4. The average Bonchev–Trinajstić information content (AvgIpc) is 2.61. The third kappa shape index (κ3) is 6.01. The van der Waals surface area contributed by atoms with Gasteiger partial charge in [-0.05, 0) is 42.7 Å². The molecule has 1 aromatic rings. The van der Waals surface area contributed by atoms with Gasteiger partial charge in [-0.15, -0.1) is 0 Å². The Labute approximate surface area is 152 Å². The average molecular weight is 348 g/mol. The first-order valence-electron chi connectivity index (χ1n) is 9.31. The Bertz CT molecular complexity index is 541. The minimum absolute atomic E-state index is 0.375. The molecule has 0 unspecified atom stereocenters. The quantitative estimate of drug-likeness (QED) is 0.504. The number of nitrogens with zero attached hydrogens (tertiary/aromatic N) is 1. The second-order valence-corrected chi connectivity index (χ2v) is 6.78. The standard InChI is InChI=1S/C20H33N3O2/c1-4-25-15-18-9-6-5-8-17(18)14-22-19(21-2)23-16-20(10-7-11-20)12-13-24-3/h5-6,8-9H,4,7,10-16H2,1-3H3,(H2,21,22,23). The van der Waals surface area contributed by atoms with Gasteiger partial charge >= 0.3 is 0 Å². The van der Waals surface area contributed by atoms with E-state index in [1.165, 1.54) is 30.4 Å². The molecule has 0 bridgehead atoms. The lowest BCUT2D eigenvalue weighted by Crippen LogP contribution is -2.46. The van der Waals surface area contributed by atoms with E-state index in [1.54, 1.807) is 7.11 Å². The Kier molecular flexibility index (Phi) is 8.22. The zero-order valence-electron chi connectivity index (χ0n) is 15.9. The van der Waals surface area contributed by atoms with Crippen LogP contribution >= 0.6 is 0 Å². The Hall–Kier alpha value is -1.59. The summed E-state index contributed by atoms with van der Waals surface area (Å²) in [5.41, 5.74) is 2.85. The molecule has 0 radical (unpaired) electrons. The van der Waals surface area contributed by atoms with Crippen LogP contribution in [-0.4, -0.2) is 39.9 Å². The van der Waals surface area contributed by atoms with Crippen LogP contribution in [0.1, 0.15) is 43.7 Å².